The Bertz CT molecular complexity index is 1360. The van der Waals surface area contributed by atoms with E-state index in [0.717, 1.165) is 43.7 Å². The van der Waals surface area contributed by atoms with Crippen molar-refractivity contribution in [1.82, 2.24) is 4.98 Å². The van der Waals surface area contributed by atoms with Crippen LogP contribution in [0.5, 0.6) is 0 Å². The van der Waals surface area contributed by atoms with Gasteiger partial charge in [-0.05, 0) is 67.1 Å². The van der Waals surface area contributed by atoms with E-state index in [1.165, 1.54) is 0 Å². The lowest BCUT2D eigenvalue weighted by molar-refractivity contribution is 0.575. The summed E-state index contributed by atoms with van der Waals surface area (Å²) in [5, 5.41) is 0. The molecule has 0 spiro atoms. The normalized spacial score (nSPS) is 11.5. The second-order valence-electron chi connectivity index (χ2n) is 7.01. The zero-order valence-corrected chi connectivity index (χ0v) is 17.8. The van der Waals surface area contributed by atoms with E-state index in [2.05, 4.69) is 25.9 Å². The first-order valence-electron chi connectivity index (χ1n) is 9.51. The number of halogens is 1. The van der Waals surface area contributed by atoms with E-state index >= 15 is 0 Å². The first-order valence-corrected chi connectivity index (χ1v) is 10.3. The van der Waals surface area contributed by atoms with Gasteiger partial charge in [-0.25, -0.2) is 4.98 Å². The lowest BCUT2D eigenvalue weighted by Crippen LogP contribution is -1.78. The number of nitrogens with zero attached hydrogens (tertiary/aromatic N) is 2. The van der Waals surface area contributed by atoms with Crippen LogP contribution in [0.15, 0.2) is 97.2 Å². The minimum Gasteiger partial charge on any atom is -0.455 e. The van der Waals surface area contributed by atoms with Crippen LogP contribution in [-0.2, 0) is 0 Å². The van der Waals surface area contributed by atoms with Crippen molar-refractivity contribution in [2.45, 2.75) is 6.92 Å². The third kappa shape index (κ3) is 3.84. The Hall–Kier alpha value is -3.44. The number of furan rings is 1. The molecule has 0 aliphatic rings. The molecule has 0 aliphatic heterocycles. The van der Waals surface area contributed by atoms with Gasteiger partial charge in [0, 0.05) is 15.6 Å². The summed E-state index contributed by atoms with van der Waals surface area (Å²) in [4.78, 5) is 9.16. The van der Waals surface area contributed by atoms with Gasteiger partial charge in [-0.3, -0.25) is 4.99 Å². The topological polar surface area (TPSA) is 51.5 Å². The van der Waals surface area contributed by atoms with Crippen molar-refractivity contribution in [3.8, 4) is 22.8 Å². The van der Waals surface area contributed by atoms with Gasteiger partial charge < -0.3 is 8.83 Å². The lowest BCUT2D eigenvalue weighted by atomic mass is 10.2. The molecule has 5 rings (SSSR count). The monoisotopic (exact) mass is 456 g/mol. The van der Waals surface area contributed by atoms with E-state index in [1.807, 2.05) is 85.8 Å². The van der Waals surface area contributed by atoms with Gasteiger partial charge in [0.05, 0.1) is 11.9 Å². The Morgan fingerprint density at radius 3 is 2.60 bits per heavy atom. The maximum atomic E-state index is 5.90. The zero-order valence-electron chi connectivity index (χ0n) is 16.2. The largest absolute Gasteiger partial charge is 0.455 e. The van der Waals surface area contributed by atoms with E-state index < -0.39 is 0 Å². The Labute approximate surface area is 182 Å². The molecule has 0 saturated carbocycles. The predicted molar refractivity (Wildman–Crippen MR) is 123 cm³/mol. The maximum absolute atomic E-state index is 5.90. The van der Waals surface area contributed by atoms with E-state index in [-0.39, 0.29) is 0 Å². The number of oxazole rings is 1. The number of aromatic nitrogens is 1. The van der Waals surface area contributed by atoms with Gasteiger partial charge in [0.1, 0.15) is 17.0 Å². The van der Waals surface area contributed by atoms with Gasteiger partial charge in [-0.2, -0.15) is 0 Å². The fraction of sp³-hybridized carbons (Fsp3) is 0.0400. The number of hydrogen-bond donors (Lipinski definition) is 0. The van der Waals surface area contributed by atoms with Crippen molar-refractivity contribution in [3.05, 3.63) is 94.7 Å². The molecule has 0 amide bonds. The molecule has 0 bridgehead atoms. The van der Waals surface area contributed by atoms with Gasteiger partial charge in [0.15, 0.2) is 5.58 Å². The molecule has 30 heavy (non-hydrogen) atoms. The van der Waals surface area contributed by atoms with E-state index in [9.17, 15) is 0 Å². The Morgan fingerprint density at radius 1 is 0.867 bits per heavy atom. The molecule has 0 saturated heterocycles. The summed E-state index contributed by atoms with van der Waals surface area (Å²) in [6.45, 7) is 2.04. The molecular formula is C25H17BrN2O2. The number of benzene rings is 3. The molecule has 146 valence electrons. The van der Waals surface area contributed by atoms with Gasteiger partial charge in [-0.15, -0.1) is 0 Å². The highest BCUT2D eigenvalue weighted by molar-refractivity contribution is 9.10. The number of fused-ring (bicyclic) bond motifs is 1. The number of hydrogen-bond acceptors (Lipinski definition) is 4. The van der Waals surface area contributed by atoms with Crippen molar-refractivity contribution in [2.75, 3.05) is 0 Å². The van der Waals surface area contributed by atoms with Gasteiger partial charge in [0.2, 0.25) is 5.89 Å². The van der Waals surface area contributed by atoms with Crippen molar-refractivity contribution in [2.24, 2.45) is 4.99 Å². The van der Waals surface area contributed by atoms with Crippen LogP contribution in [0.4, 0.5) is 5.69 Å². The number of rotatable bonds is 4. The van der Waals surface area contributed by atoms with E-state index in [4.69, 9.17) is 8.83 Å². The molecule has 0 radical (unpaired) electrons. The molecule has 4 nitrogen and oxygen atoms in total. The molecule has 0 atom stereocenters. The number of aryl methyl sites for hydroxylation is 1. The standard InChI is InChI=1S/C25H17BrN2O2/c1-16-5-11-24-22(13-16)28-25(30-24)18-3-2-4-20(14-18)27-15-21-10-12-23(29-21)17-6-8-19(26)9-7-17/h2-15H,1H3. The van der Waals surface area contributed by atoms with Crippen LogP contribution in [0, 0.1) is 6.92 Å². The first kappa shape index (κ1) is 18.6. The molecule has 0 N–H and O–H groups in total. The molecule has 5 heteroatoms. The van der Waals surface area contributed by atoms with E-state index in [1.54, 1.807) is 6.21 Å². The summed E-state index contributed by atoms with van der Waals surface area (Å²) in [6, 6.07) is 25.6. The summed E-state index contributed by atoms with van der Waals surface area (Å²) in [5.74, 6) is 2.08. The lowest BCUT2D eigenvalue weighted by Gasteiger charge is -1.98. The quantitative estimate of drug-likeness (QED) is 0.262. The number of aliphatic imine (C=N–C) groups is 1. The summed E-state index contributed by atoms with van der Waals surface area (Å²) >= 11 is 3.45. The van der Waals surface area contributed by atoms with Crippen molar-refractivity contribution < 1.29 is 8.83 Å². The Kier molecular flexibility index (Phi) is 4.81. The zero-order chi connectivity index (χ0) is 20.5. The highest BCUT2D eigenvalue weighted by Crippen LogP contribution is 2.28. The van der Waals surface area contributed by atoms with Gasteiger partial charge in [0.25, 0.3) is 0 Å². The summed E-state index contributed by atoms with van der Waals surface area (Å²) in [6.07, 6.45) is 1.72. The van der Waals surface area contributed by atoms with Crippen molar-refractivity contribution in [3.63, 3.8) is 0 Å². The predicted octanol–water partition coefficient (Wildman–Crippen LogP) is 7.58. The van der Waals surface area contributed by atoms with Crippen LogP contribution in [0.2, 0.25) is 0 Å². The fourth-order valence-electron chi connectivity index (χ4n) is 3.21. The van der Waals surface area contributed by atoms with Crippen LogP contribution in [-0.4, -0.2) is 11.2 Å². The molecule has 0 fully saturated rings. The third-order valence-corrected chi connectivity index (χ3v) is 5.26. The first-order chi connectivity index (χ1) is 14.6. The SMILES string of the molecule is Cc1ccc2oc(-c3cccc(N=Cc4ccc(-c5ccc(Br)cc5)o4)c3)nc2c1. The average Bonchev–Trinajstić information content (AvgIpc) is 3.40. The smallest absolute Gasteiger partial charge is 0.227 e. The van der Waals surface area contributed by atoms with Crippen LogP contribution >= 0.6 is 15.9 Å². The molecular weight excluding hydrogens is 440 g/mol. The molecule has 3 aromatic carbocycles. The highest BCUT2D eigenvalue weighted by Gasteiger charge is 2.09. The van der Waals surface area contributed by atoms with Crippen LogP contribution < -0.4 is 0 Å². The second-order valence-corrected chi connectivity index (χ2v) is 7.92. The Balaban J connectivity index is 1.39. The molecule has 5 aromatic rings. The van der Waals surface area contributed by atoms with Crippen LogP contribution in [0.3, 0.4) is 0 Å². The van der Waals surface area contributed by atoms with E-state index in [0.29, 0.717) is 11.7 Å². The summed E-state index contributed by atoms with van der Waals surface area (Å²) < 4.78 is 12.8. The summed E-state index contributed by atoms with van der Waals surface area (Å²) in [5.41, 5.74) is 5.49. The minimum absolute atomic E-state index is 0.586. The molecule has 0 unspecified atom stereocenters. The van der Waals surface area contributed by atoms with Crippen LogP contribution in [0.1, 0.15) is 11.3 Å². The third-order valence-electron chi connectivity index (χ3n) is 4.73. The van der Waals surface area contributed by atoms with Gasteiger partial charge in [-0.1, -0.05) is 40.2 Å². The molecule has 2 heterocycles. The summed E-state index contributed by atoms with van der Waals surface area (Å²) in [7, 11) is 0. The Morgan fingerprint density at radius 2 is 1.73 bits per heavy atom. The molecule has 0 aliphatic carbocycles. The fourth-order valence-corrected chi connectivity index (χ4v) is 3.47. The highest BCUT2D eigenvalue weighted by atomic mass is 79.9. The maximum Gasteiger partial charge on any atom is 0.227 e. The van der Waals surface area contributed by atoms with Crippen molar-refractivity contribution in [1.29, 1.82) is 0 Å². The van der Waals surface area contributed by atoms with Crippen molar-refractivity contribution >= 4 is 38.9 Å². The minimum atomic E-state index is 0.586. The van der Waals surface area contributed by atoms with Gasteiger partial charge >= 0.3 is 0 Å². The van der Waals surface area contributed by atoms with Crippen LogP contribution in [0.25, 0.3) is 33.9 Å². The average molecular weight is 457 g/mol. The molecule has 2 aromatic heterocycles. The second kappa shape index (κ2) is 7.76.